The Kier molecular flexibility index (Phi) is 3.56. The van der Waals surface area contributed by atoms with Crippen molar-refractivity contribution < 1.29 is 4.79 Å². The van der Waals surface area contributed by atoms with E-state index in [4.69, 9.17) is 0 Å². The molecule has 3 heterocycles. The summed E-state index contributed by atoms with van der Waals surface area (Å²) in [6.07, 6.45) is 3.76. The second-order valence-electron chi connectivity index (χ2n) is 5.63. The predicted molar refractivity (Wildman–Crippen MR) is 84.6 cm³/mol. The van der Waals surface area contributed by atoms with E-state index >= 15 is 0 Å². The monoisotopic (exact) mass is 300 g/mol. The minimum Gasteiger partial charge on any atom is -0.372 e. The Bertz CT molecular complexity index is 737. The van der Waals surface area contributed by atoms with Gasteiger partial charge in [-0.1, -0.05) is 6.58 Å². The number of carbonyl (C=O) groups excluding carboxylic acids is 1. The van der Waals surface area contributed by atoms with Gasteiger partial charge in [0.25, 0.3) is 0 Å². The van der Waals surface area contributed by atoms with E-state index in [0.717, 1.165) is 29.0 Å². The number of nitrogens with zero attached hydrogens (tertiary/aromatic N) is 5. The van der Waals surface area contributed by atoms with Crippen molar-refractivity contribution >= 4 is 22.8 Å². The molecule has 0 spiro atoms. The highest BCUT2D eigenvalue weighted by atomic mass is 16.2. The number of aromatic nitrogens is 4. The first-order valence-electron chi connectivity index (χ1n) is 7.37. The Hall–Kier alpha value is -2.44. The van der Waals surface area contributed by atoms with E-state index in [0.29, 0.717) is 6.54 Å². The van der Waals surface area contributed by atoms with Gasteiger partial charge in [-0.2, -0.15) is 5.10 Å². The fraction of sp³-hybridized carbons (Fsp3) is 0.467. The lowest BCUT2D eigenvalue weighted by molar-refractivity contribution is -0.126. The highest BCUT2D eigenvalue weighted by Crippen LogP contribution is 2.31. The molecule has 1 aliphatic rings. The topological polar surface area (TPSA) is 75.9 Å². The Balaban J connectivity index is 2.02. The summed E-state index contributed by atoms with van der Waals surface area (Å²) in [5, 5.41) is 8.66. The molecule has 116 valence electrons. The summed E-state index contributed by atoms with van der Waals surface area (Å²) >= 11 is 0. The molecule has 0 saturated carbocycles. The molecule has 1 amide bonds. The average molecular weight is 300 g/mol. The van der Waals surface area contributed by atoms with Crippen LogP contribution in [-0.2, 0) is 4.79 Å². The van der Waals surface area contributed by atoms with E-state index in [-0.39, 0.29) is 18.0 Å². The molecule has 0 unspecified atom stereocenters. The minimum atomic E-state index is -0.0336. The van der Waals surface area contributed by atoms with Crippen LogP contribution in [0.2, 0.25) is 0 Å². The number of amides is 1. The zero-order valence-corrected chi connectivity index (χ0v) is 13.1. The van der Waals surface area contributed by atoms with Crippen molar-refractivity contribution in [3.63, 3.8) is 0 Å². The molecule has 2 aromatic rings. The first-order valence-corrected chi connectivity index (χ1v) is 7.37. The summed E-state index contributed by atoms with van der Waals surface area (Å²) < 4.78 is 1.93. The Labute approximate surface area is 129 Å². The first kappa shape index (κ1) is 14.5. The lowest BCUT2D eigenvalue weighted by Crippen LogP contribution is -2.32. The number of anilines is 1. The van der Waals surface area contributed by atoms with E-state index in [1.807, 2.05) is 30.5 Å². The fourth-order valence-corrected chi connectivity index (χ4v) is 3.19. The molecule has 1 fully saturated rings. The van der Waals surface area contributed by atoms with E-state index in [9.17, 15) is 4.79 Å². The minimum absolute atomic E-state index is 0.0336. The number of fused-ring (bicyclic) bond motifs is 1. The van der Waals surface area contributed by atoms with Gasteiger partial charge in [0.15, 0.2) is 5.65 Å². The van der Waals surface area contributed by atoms with Crippen LogP contribution >= 0.6 is 0 Å². The standard InChI is InChI=1S/C15H20N6O/c1-5-12(22)20-7-11(6-9(20)2)21-15-13(10(3)19-21)14(16-4)17-8-18-15/h5,8-9,11H,1,6-7H2,2-4H3,(H,16,17,18)/t9-,11-/m1/s1. The summed E-state index contributed by atoms with van der Waals surface area (Å²) in [5.74, 6) is 0.743. The van der Waals surface area contributed by atoms with Crippen LogP contribution in [0.1, 0.15) is 25.1 Å². The van der Waals surface area contributed by atoms with Crippen molar-refractivity contribution in [3.8, 4) is 0 Å². The van der Waals surface area contributed by atoms with E-state index < -0.39 is 0 Å². The predicted octanol–water partition coefficient (Wildman–Crippen LogP) is 1.52. The molecule has 2 aromatic heterocycles. The fourth-order valence-electron chi connectivity index (χ4n) is 3.19. The molecule has 7 heteroatoms. The molecule has 1 saturated heterocycles. The largest absolute Gasteiger partial charge is 0.372 e. The van der Waals surface area contributed by atoms with Gasteiger partial charge in [0.05, 0.1) is 17.1 Å². The highest BCUT2D eigenvalue weighted by Gasteiger charge is 2.34. The second kappa shape index (κ2) is 5.40. The summed E-state index contributed by atoms with van der Waals surface area (Å²) in [7, 11) is 1.83. The summed E-state index contributed by atoms with van der Waals surface area (Å²) in [5.41, 5.74) is 1.70. The first-order chi connectivity index (χ1) is 10.6. The van der Waals surface area contributed by atoms with Crippen LogP contribution in [0.4, 0.5) is 5.82 Å². The van der Waals surface area contributed by atoms with E-state index in [1.54, 1.807) is 0 Å². The number of nitrogens with one attached hydrogen (secondary N) is 1. The van der Waals surface area contributed by atoms with Gasteiger partial charge in [0, 0.05) is 19.6 Å². The maximum atomic E-state index is 11.9. The molecule has 22 heavy (non-hydrogen) atoms. The number of likely N-dealkylation sites (tertiary alicyclic amines) is 1. The lowest BCUT2D eigenvalue weighted by Gasteiger charge is -2.19. The van der Waals surface area contributed by atoms with E-state index in [2.05, 4.69) is 27.0 Å². The zero-order chi connectivity index (χ0) is 15.9. The van der Waals surface area contributed by atoms with Gasteiger partial charge in [-0.05, 0) is 26.3 Å². The molecule has 3 rings (SSSR count). The van der Waals surface area contributed by atoms with Gasteiger partial charge < -0.3 is 10.2 Å². The maximum Gasteiger partial charge on any atom is 0.246 e. The van der Waals surface area contributed by atoms with Gasteiger partial charge in [-0.3, -0.25) is 4.79 Å². The van der Waals surface area contributed by atoms with Gasteiger partial charge in [0.2, 0.25) is 5.91 Å². The smallest absolute Gasteiger partial charge is 0.246 e. The molecule has 1 N–H and O–H groups in total. The molecule has 0 aromatic carbocycles. The van der Waals surface area contributed by atoms with Crippen LogP contribution < -0.4 is 5.32 Å². The van der Waals surface area contributed by atoms with Crippen molar-refractivity contribution in [1.29, 1.82) is 0 Å². The van der Waals surface area contributed by atoms with Crippen LogP contribution in [0.5, 0.6) is 0 Å². The van der Waals surface area contributed by atoms with Crippen LogP contribution in [0.15, 0.2) is 19.0 Å². The number of aryl methyl sites for hydroxylation is 1. The van der Waals surface area contributed by atoms with Crippen molar-refractivity contribution in [1.82, 2.24) is 24.6 Å². The number of rotatable bonds is 3. The van der Waals surface area contributed by atoms with Gasteiger partial charge >= 0.3 is 0 Å². The Morgan fingerprint density at radius 3 is 2.95 bits per heavy atom. The summed E-state index contributed by atoms with van der Waals surface area (Å²) in [4.78, 5) is 22.4. The number of carbonyl (C=O) groups is 1. The van der Waals surface area contributed by atoms with Crippen molar-refractivity contribution in [3.05, 3.63) is 24.7 Å². The van der Waals surface area contributed by atoms with Gasteiger partial charge in [0.1, 0.15) is 12.1 Å². The van der Waals surface area contributed by atoms with Crippen molar-refractivity contribution in [2.45, 2.75) is 32.4 Å². The van der Waals surface area contributed by atoms with Gasteiger partial charge in [-0.15, -0.1) is 0 Å². The Morgan fingerprint density at radius 2 is 2.27 bits per heavy atom. The third-order valence-corrected chi connectivity index (χ3v) is 4.26. The number of hydrogen-bond acceptors (Lipinski definition) is 5. The zero-order valence-electron chi connectivity index (χ0n) is 13.1. The van der Waals surface area contributed by atoms with Crippen LogP contribution in [0, 0.1) is 6.92 Å². The second-order valence-corrected chi connectivity index (χ2v) is 5.63. The molecule has 0 aliphatic carbocycles. The third kappa shape index (κ3) is 2.13. The third-order valence-electron chi connectivity index (χ3n) is 4.26. The molecular formula is C15H20N6O. The maximum absolute atomic E-state index is 11.9. The Morgan fingerprint density at radius 1 is 1.50 bits per heavy atom. The molecule has 0 bridgehead atoms. The van der Waals surface area contributed by atoms with Crippen LogP contribution in [0.3, 0.4) is 0 Å². The quantitative estimate of drug-likeness (QED) is 0.870. The molecule has 7 nitrogen and oxygen atoms in total. The van der Waals surface area contributed by atoms with Gasteiger partial charge in [-0.25, -0.2) is 14.6 Å². The summed E-state index contributed by atoms with van der Waals surface area (Å²) in [6.45, 7) is 8.20. The molecule has 0 radical (unpaired) electrons. The molecule has 1 aliphatic heterocycles. The highest BCUT2D eigenvalue weighted by molar-refractivity contribution is 5.89. The lowest BCUT2D eigenvalue weighted by atomic mass is 10.2. The molecular weight excluding hydrogens is 280 g/mol. The normalized spacial score (nSPS) is 21.3. The van der Waals surface area contributed by atoms with Crippen LogP contribution in [-0.4, -0.2) is 50.2 Å². The number of hydrogen-bond donors (Lipinski definition) is 1. The average Bonchev–Trinajstić information content (AvgIpc) is 3.07. The van der Waals surface area contributed by atoms with Crippen molar-refractivity contribution in [2.75, 3.05) is 18.9 Å². The SMILES string of the molecule is C=CC(=O)N1C[C@H](n2nc(C)c3c(NC)ncnc32)C[C@H]1C. The van der Waals surface area contributed by atoms with E-state index in [1.165, 1.54) is 12.4 Å². The van der Waals surface area contributed by atoms with Crippen molar-refractivity contribution in [2.24, 2.45) is 0 Å². The summed E-state index contributed by atoms with van der Waals surface area (Å²) in [6, 6.07) is 0.287. The van der Waals surface area contributed by atoms with Crippen LogP contribution in [0.25, 0.3) is 11.0 Å². The molecule has 2 atom stereocenters.